The SMILES string of the molecule is CCC(Br)(Br)C(=O)OC. The van der Waals surface area contributed by atoms with Gasteiger partial charge in [0.15, 0.2) is 3.23 Å². The molecule has 0 rings (SSSR count). The fraction of sp³-hybridized carbons (Fsp3) is 0.800. The Morgan fingerprint density at radius 3 is 2.22 bits per heavy atom. The maximum Gasteiger partial charge on any atom is 0.333 e. The van der Waals surface area contributed by atoms with Gasteiger partial charge in [0, 0.05) is 0 Å². The summed E-state index contributed by atoms with van der Waals surface area (Å²) in [6, 6.07) is 0. The summed E-state index contributed by atoms with van der Waals surface area (Å²) in [4.78, 5) is 10.7. The molecule has 0 radical (unpaired) electrons. The third-order valence-electron chi connectivity index (χ3n) is 0.928. The fourth-order valence-corrected chi connectivity index (χ4v) is 0.617. The van der Waals surface area contributed by atoms with Crippen LogP contribution in [0, 0.1) is 0 Å². The normalized spacial score (nSPS) is 11.1. The van der Waals surface area contributed by atoms with Gasteiger partial charge < -0.3 is 4.74 Å². The Hall–Kier alpha value is 0.430. The van der Waals surface area contributed by atoms with Gasteiger partial charge in [0.1, 0.15) is 0 Å². The number of hydrogen-bond acceptors (Lipinski definition) is 2. The topological polar surface area (TPSA) is 26.3 Å². The highest BCUT2D eigenvalue weighted by Gasteiger charge is 2.30. The molecule has 0 atom stereocenters. The highest BCUT2D eigenvalue weighted by molar-refractivity contribution is 9.25. The van der Waals surface area contributed by atoms with Gasteiger partial charge in [-0.3, -0.25) is 0 Å². The van der Waals surface area contributed by atoms with Crippen molar-refractivity contribution in [3.05, 3.63) is 0 Å². The van der Waals surface area contributed by atoms with Gasteiger partial charge in [0.25, 0.3) is 0 Å². The first-order valence-corrected chi connectivity index (χ1v) is 4.09. The third kappa shape index (κ3) is 2.67. The Kier molecular flexibility index (Phi) is 3.73. The summed E-state index contributed by atoms with van der Waals surface area (Å²) in [5.41, 5.74) is 0. The molecule has 0 aliphatic heterocycles. The average molecular weight is 260 g/mol. The van der Waals surface area contributed by atoms with Crippen LogP contribution in [0.15, 0.2) is 0 Å². The van der Waals surface area contributed by atoms with E-state index in [0.29, 0.717) is 6.42 Å². The van der Waals surface area contributed by atoms with Crippen molar-refractivity contribution in [2.45, 2.75) is 16.6 Å². The number of methoxy groups -OCH3 is 1. The molecular formula is C5H8Br2O2. The monoisotopic (exact) mass is 258 g/mol. The molecule has 54 valence electrons. The van der Waals surface area contributed by atoms with Crippen LogP contribution in [0.3, 0.4) is 0 Å². The molecule has 0 bridgehead atoms. The molecule has 0 heterocycles. The van der Waals surface area contributed by atoms with E-state index in [9.17, 15) is 4.79 Å². The van der Waals surface area contributed by atoms with Crippen LogP contribution in [0.2, 0.25) is 0 Å². The Balaban J connectivity index is 3.97. The Morgan fingerprint density at radius 2 is 2.11 bits per heavy atom. The van der Waals surface area contributed by atoms with Gasteiger partial charge in [-0.25, -0.2) is 4.79 Å². The average Bonchev–Trinajstić information content (AvgIpc) is 1.86. The summed E-state index contributed by atoms with van der Waals surface area (Å²) in [7, 11) is 1.36. The molecule has 0 unspecified atom stereocenters. The van der Waals surface area contributed by atoms with E-state index in [1.165, 1.54) is 7.11 Å². The molecule has 0 aliphatic rings. The van der Waals surface area contributed by atoms with Crippen LogP contribution in [-0.2, 0) is 9.53 Å². The quantitative estimate of drug-likeness (QED) is 0.561. The summed E-state index contributed by atoms with van der Waals surface area (Å²) in [5, 5.41) is 0. The number of alkyl halides is 2. The number of carbonyl (C=O) groups excluding carboxylic acids is 1. The lowest BCUT2D eigenvalue weighted by atomic mass is 10.3. The van der Waals surface area contributed by atoms with E-state index in [1.54, 1.807) is 0 Å². The molecule has 0 aliphatic carbocycles. The molecule has 4 heteroatoms. The van der Waals surface area contributed by atoms with Crippen LogP contribution in [0.1, 0.15) is 13.3 Å². The number of rotatable bonds is 2. The van der Waals surface area contributed by atoms with E-state index < -0.39 is 3.23 Å². The zero-order chi connectivity index (χ0) is 7.49. The number of halogens is 2. The first-order chi connectivity index (χ1) is 4.04. The van der Waals surface area contributed by atoms with Crippen LogP contribution in [0.25, 0.3) is 0 Å². The lowest BCUT2D eigenvalue weighted by Gasteiger charge is -2.13. The van der Waals surface area contributed by atoms with Crippen LogP contribution in [0.5, 0.6) is 0 Å². The molecule has 0 saturated heterocycles. The molecule has 0 aromatic heterocycles. The molecule has 0 aromatic rings. The van der Waals surface area contributed by atoms with E-state index >= 15 is 0 Å². The number of carbonyl (C=O) groups is 1. The van der Waals surface area contributed by atoms with Crippen LogP contribution in [-0.4, -0.2) is 16.3 Å². The molecule has 0 saturated carbocycles. The van der Waals surface area contributed by atoms with Crippen LogP contribution in [0.4, 0.5) is 0 Å². The van der Waals surface area contributed by atoms with Crippen molar-refractivity contribution in [3.8, 4) is 0 Å². The molecule has 0 aromatic carbocycles. The number of ether oxygens (including phenoxy) is 1. The van der Waals surface area contributed by atoms with E-state index in [2.05, 4.69) is 36.6 Å². The maximum absolute atomic E-state index is 10.7. The lowest BCUT2D eigenvalue weighted by Crippen LogP contribution is -2.24. The molecule has 9 heavy (non-hydrogen) atoms. The fourth-order valence-electron chi connectivity index (χ4n) is 0.294. The smallest absolute Gasteiger partial charge is 0.333 e. The van der Waals surface area contributed by atoms with Gasteiger partial charge in [0.2, 0.25) is 0 Å². The van der Waals surface area contributed by atoms with Crippen molar-refractivity contribution >= 4 is 37.8 Å². The second-order valence-electron chi connectivity index (χ2n) is 1.55. The maximum atomic E-state index is 10.7. The van der Waals surface area contributed by atoms with E-state index in [1.807, 2.05) is 6.92 Å². The lowest BCUT2D eigenvalue weighted by molar-refractivity contribution is -0.140. The van der Waals surface area contributed by atoms with Crippen molar-refractivity contribution in [2.75, 3.05) is 7.11 Å². The van der Waals surface area contributed by atoms with E-state index in [4.69, 9.17) is 0 Å². The van der Waals surface area contributed by atoms with Crippen molar-refractivity contribution in [1.29, 1.82) is 0 Å². The molecule has 0 fully saturated rings. The highest BCUT2D eigenvalue weighted by Crippen LogP contribution is 2.30. The summed E-state index contributed by atoms with van der Waals surface area (Å²) >= 11 is 6.30. The van der Waals surface area contributed by atoms with Crippen LogP contribution < -0.4 is 0 Å². The minimum absolute atomic E-state index is 0.301. The summed E-state index contributed by atoms with van der Waals surface area (Å²) in [6.45, 7) is 1.88. The Labute approximate surface area is 71.2 Å². The highest BCUT2D eigenvalue weighted by atomic mass is 79.9. The van der Waals surface area contributed by atoms with Crippen molar-refractivity contribution < 1.29 is 9.53 Å². The van der Waals surface area contributed by atoms with Gasteiger partial charge in [-0.15, -0.1) is 0 Å². The zero-order valence-corrected chi connectivity index (χ0v) is 8.45. The van der Waals surface area contributed by atoms with Crippen LogP contribution >= 0.6 is 31.9 Å². The predicted molar refractivity (Wildman–Crippen MR) is 42.9 cm³/mol. The summed E-state index contributed by atoms with van der Waals surface area (Å²) < 4.78 is 3.79. The molecule has 2 nitrogen and oxygen atoms in total. The number of hydrogen-bond donors (Lipinski definition) is 0. The van der Waals surface area contributed by atoms with Gasteiger partial charge in [-0.2, -0.15) is 0 Å². The largest absolute Gasteiger partial charge is 0.467 e. The minimum atomic E-state index is -0.686. The summed E-state index contributed by atoms with van der Waals surface area (Å²) in [6.07, 6.45) is 0.652. The third-order valence-corrected chi connectivity index (χ3v) is 2.70. The van der Waals surface area contributed by atoms with Gasteiger partial charge in [-0.05, 0) is 6.42 Å². The molecule has 0 amide bonds. The first-order valence-electron chi connectivity index (χ1n) is 2.51. The minimum Gasteiger partial charge on any atom is -0.467 e. The molecule has 0 N–H and O–H groups in total. The molecule has 0 spiro atoms. The standard InChI is InChI=1S/C5H8Br2O2/c1-3-5(6,7)4(8)9-2/h3H2,1-2H3. The van der Waals surface area contributed by atoms with Crippen molar-refractivity contribution in [3.63, 3.8) is 0 Å². The van der Waals surface area contributed by atoms with Gasteiger partial charge >= 0.3 is 5.97 Å². The summed E-state index contributed by atoms with van der Waals surface area (Å²) in [5.74, 6) is -0.301. The Morgan fingerprint density at radius 1 is 1.67 bits per heavy atom. The first kappa shape index (κ1) is 9.43. The Bertz CT molecular complexity index is 112. The van der Waals surface area contributed by atoms with Crippen molar-refractivity contribution in [2.24, 2.45) is 0 Å². The zero-order valence-electron chi connectivity index (χ0n) is 5.28. The second-order valence-corrected chi connectivity index (χ2v) is 5.32. The van der Waals surface area contributed by atoms with Crippen molar-refractivity contribution in [1.82, 2.24) is 0 Å². The number of esters is 1. The molecular weight excluding hydrogens is 252 g/mol. The van der Waals surface area contributed by atoms with Gasteiger partial charge in [-0.1, -0.05) is 38.8 Å². The van der Waals surface area contributed by atoms with Gasteiger partial charge in [0.05, 0.1) is 7.11 Å². The van der Waals surface area contributed by atoms with E-state index in [-0.39, 0.29) is 5.97 Å². The second kappa shape index (κ2) is 3.56. The van der Waals surface area contributed by atoms with E-state index in [0.717, 1.165) is 0 Å². The predicted octanol–water partition coefficient (Wildman–Crippen LogP) is 2.06.